The topological polar surface area (TPSA) is 93.6 Å². The molecule has 1 saturated heterocycles. The van der Waals surface area contributed by atoms with Gasteiger partial charge in [0.15, 0.2) is 0 Å². The molecule has 1 rings (SSSR count). The molecule has 1 unspecified atom stereocenters. The molecular formula is C14H31FN3O5P. The average molecular weight is 371 g/mol. The van der Waals surface area contributed by atoms with Crippen LogP contribution in [-0.2, 0) is 14.1 Å². The number of piperazine rings is 1. The van der Waals surface area contributed by atoms with Crippen LogP contribution in [0.15, 0.2) is 0 Å². The summed E-state index contributed by atoms with van der Waals surface area (Å²) in [6.07, 6.45) is 0. The van der Waals surface area contributed by atoms with E-state index in [2.05, 4.69) is 4.73 Å². The summed E-state index contributed by atoms with van der Waals surface area (Å²) in [4.78, 5) is 13.5. The minimum absolute atomic E-state index is 0.0605. The molecule has 2 N–H and O–H groups in total. The Kier molecular flexibility index (Phi) is 9.56. The number of aliphatic hydroxyl groups excluding tert-OH is 1. The third-order valence-electron chi connectivity index (χ3n) is 3.40. The van der Waals surface area contributed by atoms with Crippen LogP contribution < -0.4 is 0 Å². The van der Waals surface area contributed by atoms with E-state index in [1.807, 2.05) is 13.8 Å². The summed E-state index contributed by atoms with van der Waals surface area (Å²) < 4.78 is 31.1. The number of halogens is 1. The molecule has 0 aliphatic carbocycles. The molecule has 0 bridgehead atoms. The molecule has 8 nitrogen and oxygen atoms in total. The molecule has 10 heteroatoms. The Labute approximate surface area is 143 Å². The zero-order chi connectivity index (χ0) is 19.1. The first-order chi connectivity index (χ1) is 10.9. The van der Waals surface area contributed by atoms with Crippen molar-refractivity contribution in [3.05, 3.63) is 0 Å². The summed E-state index contributed by atoms with van der Waals surface area (Å²) in [6, 6.07) is 0. The molecular weight excluding hydrogens is 340 g/mol. The second kappa shape index (κ2) is 9.79. The Bertz CT molecular complexity index is 435. The van der Waals surface area contributed by atoms with E-state index >= 15 is 0 Å². The van der Waals surface area contributed by atoms with Crippen LogP contribution in [0.2, 0.25) is 0 Å². The van der Waals surface area contributed by atoms with Crippen LogP contribution in [0.3, 0.4) is 0 Å². The molecule has 144 valence electrons. The van der Waals surface area contributed by atoms with Gasteiger partial charge in [-0.15, -0.1) is 4.73 Å². The van der Waals surface area contributed by atoms with Crippen LogP contribution in [-0.4, -0.2) is 82.8 Å². The predicted octanol–water partition coefficient (Wildman–Crippen LogP) is 1.11. The smallest absolute Gasteiger partial charge is 0.378 e. The average Bonchev–Trinajstić information content (AvgIpc) is 2.53. The largest absolute Gasteiger partial charge is 0.393 e. The van der Waals surface area contributed by atoms with E-state index in [1.54, 1.807) is 18.7 Å². The number of carbonyl (C=O) groups is 1. The number of hydrogen-bond donors (Lipinski definition) is 2. The highest BCUT2D eigenvalue weighted by Crippen LogP contribution is 2.53. The van der Waals surface area contributed by atoms with E-state index in [0.29, 0.717) is 26.2 Å². The molecule has 1 heterocycles. The molecule has 0 saturated carbocycles. The Balaban J connectivity index is 0.000000754. The van der Waals surface area contributed by atoms with Gasteiger partial charge in [-0.05, 0) is 32.5 Å². The van der Waals surface area contributed by atoms with Crippen molar-refractivity contribution in [3.8, 4) is 0 Å². The molecule has 1 fully saturated rings. The number of nitrogens with zero attached hydrogens (tertiary/aromatic N) is 3. The Morgan fingerprint density at radius 3 is 1.96 bits per heavy atom. The van der Waals surface area contributed by atoms with Crippen molar-refractivity contribution in [2.45, 2.75) is 33.3 Å². The van der Waals surface area contributed by atoms with Crippen LogP contribution in [0, 0.1) is 5.92 Å². The lowest BCUT2D eigenvalue weighted by atomic mass is 10.2. The molecule has 0 aromatic heterocycles. The Hall–Kier alpha value is -0.570. The standard InChI is InChI=1S/C10H21FN3O3P.C4H10O2/c1-9(2)10(15)13-5-7-14(8-6-13)18(16,17-11)12(3)4;1-4(2,6)3-5/h9H,5-8H2,1-4H3;5-6H,3H2,1-2H3. The first-order valence-corrected chi connectivity index (χ1v) is 9.37. The first kappa shape index (κ1) is 23.4. The van der Waals surface area contributed by atoms with Gasteiger partial charge in [-0.25, -0.2) is 9.34 Å². The number of aliphatic hydroxyl groups is 2. The van der Waals surface area contributed by atoms with Crippen LogP contribution in [0.4, 0.5) is 4.53 Å². The van der Waals surface area contributed by atoms with Crippen molar-refractivity contribution in [3.63, 3.8) is 0 Å². The van der Waals surface area contributed by atoms with Gasteiger partial charge in [0, 0.05) is 32.1 Å². The quantitative estimate of drug-likeness (QED) is 0.699. The Morgan fingerprint density at radius 2 is 1.71 bits per heavy atom. The molecule has 0 aromatic carbocycles. The third kappa shape index (κ3) is 7.13. The van der Waals surface area contributed by atoms with Gasteiger partial charge in [-0.3, -0.25) is 9.36 Å². The van der Waals surface area contributed by atoms with Gasteiger partial charge in [-0.2, -0.15) is 0 Å². The molecule has 0 spiro atoms. The van der Waals surface area contributed by atoms with Crippen molar-refractivity contribution in [1.29, 1.82) is 0 Å². The molecule has 0 aromatic rings. The number of hydrogen-bond acceptors (Lipinski definition) is 5. The van der Waals surface area contributed by atoms with Crippen molar-refractivity contribution < 1.29 is 28.8 Å². The maximum atomic E-state index is 12.5. The fourth-order valence-corrected chi connectivity index (χ4v) is 3.29. The molecule has 1 atom stereocenters. The molecule has 0 radical (unpaired) electrons. The molecule has 24 heavy (non-hydrogen) atoms. The van der Waals surface area contributed by atoms with Crippen LogP contribution in [0.5, 0.6) is 0 Å². The minimum atomic E-state index is -3.57. The van der Waals surface area contributed by atoms with Gasteiger partial charge in [-0.1, -0.05) is 13.8 Å². The molecule has 1 amide bonds. The maximum absolute atomic E-state index is 12.5. The maximum Gasteiger partial charge on any atom is 0.378 e. The summed E-state index contributed by atoms with van der Waals surface area (Å²) in [5.41, 5.74) is -0.903. The monoisotopic (exact) mass is 371 g/mol. The second-order valence-corrected chi connectivity index (χ2v) is 9.30. The van der Waals surface area contributed by atoms with Gasteiger partial charge in [0.05, 0.1) is 12.2 Å². The predicted molar refractivity (Wildman–Crippen MR) is 89.9 cm³/mol. The van der Waals surface area contributed by atoms with Gasteiger partial charge in [0.25, 0.3) is 0 Å². The lowest BCUT2D eigenvalue weighted by Crippen LogP contribution is -2.49. The number of rotatable bonds is 5. The van der Waals surface area contributed by atoms with E-state index in [1.165, 1.54) is 23.4 Å². The normalized spacial score (nSPS) is 19.0. The van der Waals surface area contributed by atoms with E-state index in [4.69, 9.17) is 10.2 Å². The first-order valence-electron chi connectivity index (χ1n) is 7.84. The van der Waals surface area contributed by atoms with E-state index in [0.717, 1.165) is 0 Å². The number of carbonyl (C=O) groups excluding carboxylic acids is 1. The third-order valence-corrected chi connectivity index (χ3v) is 5.71. The fourth-order valence-electron chi connectivity index (χ4n) is 1.89. The number of amides is 1. The highest BCUT2D eigenvalue weighted by atomic mass is 31.2. The van der Waals surface area contributed by atoms with E-state index in [-0.39, 0.29) is 18.4 Å². The van der Waals surface area contributed by atoms with Crippen molar-refractivity contribution >= 4 is 13.6 Å². The lowest BCUT2D eigenvalue weighted by molar-refractivity contribution is -0.135. The summed E-state index contributed by atoms with van der Waals surface area (Å²) >= 11 is 0. The summed E-state index contributed by atoms with van der Waals surface area (Å²) in [6.45, 7) is 8.17. The van der Waals surface area contributed by atoms with Crippen LogP contribution in [0.1, 0.15) is 27.7 Å². The molecule has 1 aliphatic rings. The fraction of sp³-hybridized carbons (Fsp3) is 0.929. The molecule has 1 aliphatic heterocycles. The van der Waals surface area contributed by atoms with Crippen LogP contribution >= 0.6 is 7.67 Å². The van der Waals surface area contributed by atoms with Gasteiger partial charge in [0.2, 0.25) is 5.91 Å². The lowest BCUT2D eigenvalue weighted by Gasteiger charge is -2.38. The van der Waals surface area contributed by atoms with Crippen LogP contribution in [0.25, 0.3) is 0 Å². The summed E-state index contributed by atoms with van der Waals surface area (Å²) in [7, 11) is -0.554. The van der Waals surface area contributed by atoms with Gasteiger partial charge in [0.1, 0.15) is 0 Å². The van der Waals surface area contributed by atoms with Gasteiger partial charge >= 0.3 is 7.67 Å². The zero-order valence-corrected chi connectivity index (χ0v) is 16.3. The van der Waals surface area contributed by atoms with Crippen molar-refractivity contribution in [2.75, 3.05) is 46.9 Å². The van der Waals surface area contributed by atoms with Crippen molar-refractivity contribution in [1.82, 2.24) is 14.2 Å². The Morgan fingerprint density at radius 1 is 1.29 bits per heavy atom. The summed E-state index contributed by atoms with van der Waals surface area (Å²) in [5.74, 6) is 0.00475. The SMILES string of the molecule is CC(C)(O)CO.CC(C)C(=O)N1CCN(P(=O)(OF)N(C)C)CC1. The van der Waals surface area contributed by atoms with E-state index < -0.39 is 13.3 Å². The zero-order valence-electron chi connectivity index (χ0n) is 15.4. The van der Waals surface area contributed by atoms with Crippen molar-refractivity contribution in [2.24, 2.45) is 5.92 Å². The highest BCUT2D eigenvalue weighted by molar-refractivity contribution is 7.53. The second-order valence-electron chi connectivity index (χ2n) is 6.81. The minimum Gasteiger partial charge on any atom is -0.393 e. The highest BCUT2D eigenvalue weighted by Gasteiger charge is 2.38. The van der Waals surface area contributed by atoms with E-state index in [9.17, 15) is 13.9 Å². The summed E-state index contributed by atoms with van der Waals surface area (Å²) in [5, 5.41) is 16.7. The van der Waals surface area contributed by atoms with Gasteiger partial charge < -0.3 is 15.1 Å².